The summed E-state index contributed by atoms with van der Waals surface area (Å²) < 4.78 is 28.7. The fourth-order valence-electron chi connectivity index (χ4n) is 3.42. The van der Waals surface area contributed by atoms with E-state index < -0.39 is 10.0 Å². The van der Waals surface area contributed by atoms with Gasteiger partial charge >= 0.3 is 0 Å². The fraction of sp³-hybridized carbons (Fsp3) is 0.280. The molecule has 4 N–H and O–H groups in total. The zero-order valence-corrected chi connectivity index (χ0v) is 19.1. The first kappa shape index (κ1) is 24.6. The number of nitrogens with two attached hydrogens (primary N) is 1. The molecule has 166 valence electrons. The van der Waals surface area contributed by atoms with Crippen LogP contribution in [0.1, 0.15) is 20.3 Å². The lowest BCUT2D eigenvalue weighted by atomic mass is 9.95. The van der Waals surface area contributed by atoms with E-state index in [0.717, 1.165) is 17.3 Å². The van der Waals surface area contributed by atoms with Crippen molar-refractivity contribution < 1.29 is 8.42 Å². The number of hydrogen-bond donors (Lipinski definition) is 3. The number of allylic oxidation sites excluding steroid dienone is 1. The molecule has 0 aromatic heterocycles. The fourth-order valence-corrected chi connectivity index (χ4v) is 4.78. The average Bonchev–Trinajstić information content (AvgIpc) is 2.75. The minimum atomic E-state index is -3.72. The first-order chi connectivity index (χ1) is 14.8. The molecule has 0 bridgehead atoms. The van der Waals surface area contributed by atoms with Gasteiger partial charge in [0.2, 0.25) is 10.0 Å². The molecule has 2 rings (SSSR count). The number of sulfonamides is 1. The summed E-state index contributed by atoms with van der Waals surface area (Å²) >= 11 is 0. The van der Waals surface area contributed by atoms with Crippen LogP contribution in [0.4, 0.5) is 5.69 Å². The van der Waals surface area contributed by atoms with Gasteiger partial charge in [0.15, 0.2) is 0 Å². The van der Waals surface area contributed by atoms with E-state index in [0.29, 0.717) is 11.8 Å². The summed E-state index contributed by atoms with van der Waals surface area (Å²) in [5, 5.41) is 4.67. The molecule has 6 heteroatoms. The molecule has 5 nitrogen and oxygen atoms in total. The van der Waals surface area contributed by atoms with Crippen LogP contribution in [-0.2, 0) is 10.0 Å². The van der Waals surface area contributed by atoms with E-state index >= 15 is 0 Å². The molecule has 2 aromatic rings. The van der Waals surface area contributed by atoms with Gasteiger partial charge in [-0.2, -0.15) is 0 Å². The van der Waals surface area contributed by atoms with E-state index in [-0.39, 0.29) is 22.9 Å². The number of nitrogens with one attached hydrogen (secondary N) is 2. The van der Waals surface area contributed by atoms with Gasteiger partial charge in [-0.25, -0.2) is 13.1 Å². The van der Waals surface area contributed by atoms with Gasteiger partial charge in [0.25, 0.3) is 0 Å². The van der Waals surface area contributed by atoms with Gasteiger partial charge in [0.05, 0.1) is 11.1 Å². The van der Waals surface area contributed by atoms with E-state index in [2.05, 4.69) is 30.1 Å². The van der Waals surface area contributed by atoms with Crippen LogP contribution in [0.25, 0.3) is 11.0 Å². The van der Waals surface area contributed by atoms with Crippen molar-refractivity contribution in [3.05, 3.63) is 90.3 Å². The Morgan fingerprint density at radius 1 is 1.06 bits per heavy atom. The van der Waals surface area contributed by atoms with Crippen molar-refractivity contribution in [3.63, 3.8) is 0 Å². The van der Waals surface area contributed by atoms with Crippen LogP contribution in [-0.4, -0.2) is 21.1 Å². The zero-order chi connectivity index (χ0) is 22.9. The maximum atomic E-state index is 13.0. The summed E-state index contributed by atoms with van der Waals surface area (Å²) in [6, 6.07) is 17.1. The van der Waals surface area contributed by atoms with Gasteiger partial charge in [0, 0.05) is 17.5 Å². The quantitative estimate of drug-likeness (QED) is 0.470. The number of hydrogen-bond acceptors (Lipinski definition) is 4. The van der Waals surface area contributed by atoms with Crippen molar-refractivity contribution in [1.29, 1.82) is 0 Å². The van der Waals surface area contributed by atoms with Crippen molar-refractivity contribution in [2.75, 3.05) is 11.9 Å². The van der Waals surface area contributed by atoms with Crippen LogP contribution < -0.4 is 26.2 Å². The van der Waals surface area contributed by atoms with Gasteiger partial charge in [-0.05, 0) is 41.7 Å². The first-order valence-corrected chi connectivity index (χ1v) is 11.9. The van der Waals surface area contributed by atoms with Crippen LogP contribution in [0.15, 0.2) is 79.9 Å². The summed E-state index contributed by atoms with van der Waals surface area (Å²) in [5.74, 6) is 0.264. The first-order valence-electron chi connectivity index (χ1n) is 10.4. The highest BCUT2D eigenvalue weighted by Crippen LogP contribution is 2.17. The van der Waals surface area contributed by atoms with Gasteiger partial charge in [-0.15, -0.1) is 0 Å². The molecule has 0 aliphatic carbocycles. The smallest absolute Gasteiger partial charge is 0.241 e. The molecule has 0 saturated heterocycles. The van der Waals surface area contributed by atoms with E-state index in [1.807, 2.05) is 49.4 Å². The molecule has 0 spiro atoms. The number of benzene rings is 2. The Morgan fingerprint density at radius 2 is 1.71 bits per heavy atom. The molecule has 0 heterocycles. The van der Waals surface area contributed by atoms with Crippen LogP contribution in [0.3, 0.4) is 0 Å². The van der Waals surface area contributed by atoms with Gasteiger partial charge < -0.3 is 11.1 Å². The molecular weight excluding hydrogens is 406 g/mol. The van der Waals surface area contributed by atoms with Gasteiger partial charge in [-0.3, -0.25) is 0 Å². The molecule has 0 aliphatic rings. The molecule has 31 heavy (non-hydrogen) atoms. The SMILES string of the molecule is C=C/C=c1/cccc/c1=C(/C=C)S(=O)(=O)NCC(C)CC(C)[C@H](N)Nc1ccccc1. The van der Waals surface area contributed by atoms with Gasteiger partial charge in [-0.1, -0.05) is 81.6 Å². The Bertz CT molecular complexity index is 1100. The highest BCUT2D eigenvalue weighted by Gasteiger charge is 2.20. The van der Waals surface area contributed by atoms with Crippen molar-refractivity contribution in [1.82, 2.24) is 4.72 Å². The lowest BCUT2D eigenvalue weighted by molar-refractivity contribution is 0.375. The Hall–Kier alpha value is -2.67. The Kier molecular flexibility index (Phi) is 9.24. The van der Waals surface area contributed by atoms with Crippen LogP contribution in [0.2, 0.25) is 0 Å². The van der Waals surface area contributed by atoms with E-state index in [9.17, 15) is 8.42 Å². The predicted molar refractivity (Wildman–Crippen MR) is 132 cm³/mol. The van der Waals surface area contributed by atoms with E-state index in [1.54, 1.807) is 24.3 Å². The molecule has 0 amide bonds. The van der Waals surface area contributed by atoms with Crippen LogP contribution >= 0.6 is 0 Å². The van der Waals surface area contributed by atoms with Crippen molar-refractivity contribution >= 4 is 26.7 Å². The maximum absolute atomic E-state index is 13.0. The molecule has 0 saturated carbocycles. The number of anilines is 1. The molecule has 2 unspecified atom stereocenters. The van der Waals surface area contributed by atoms with E-state index in [1.165, 1.54) is 6.08 Å². The Balaban J connectivity index is 2.07. The third-order valence-electron chi connectivity index (χ3n) is 5.11. The van der Waals surface area contributed by atoms with E-state index in [4.69, 9.17) is 5.73 Å². The largest absolute Gasteiger partial charge is 0.370 e. The molecule has 0 radical (unpaired) electrons. The lowest BCUT2D eigenvalue weighted by Crippen LogP contribution is -2.39. The third kappa shape index (κ3) is 7.21. The minimum Gasteiger partial charge on any atom is -0.370 e. The molecule has 0 fully saturated rings. The molecule has 2 aromatic carbocycles. The summed E-state index contributed by atoms with van der Waals surface area (Å²) in [6.45, 7) is 11.8. The summed E-state index contributed by atoms with van der Waals surface area (Å²) in [6.07, 6.45) is 5.34. The minimum absolute atomic E-state index is 0.106. The second-order valence-electron chi connectivity index (χ2n) is 7.76. The Labute approximate surface area is 186 Å². The topological polar surface area (TPSA) is 84.2 Å². The van der Waals surface area contributed by atoms with Crippen molar-refractivity contribution in [2.45, 2.75) is 26.4 Å². The highest BCUT2D eigenvalue weighted by molar-refractivity contribution is 7.98. The standard InChI is InChI=1S/C25H33N3O2S/c1-5-12-21-13-10-11-16-23(21)24(6-2)31(29,30)27-18-19(3)17-20(4)25(26)28-22-14-8-7-9-15-22/h5-16,19-20,25,27-28H,1-2,17-18,26H2,3-4H3/b21-12-,24-23+/t19?,20?,25-/m1/s1. The van der Waals surface area contributed by atoms with Crippen molar-refractivity contribution in [2.24, 2.45) is 17.6 Å². The summed E-state index contributed by atoms with van der Waals surface area (Å²) in [4.78, 5) is 0.156. The third-order valence-corrected chi connectivity index (χ3v) is 6.63. The molecule has 0 aliphatic heterocycles. The summed E-state index contributed by atoms with van der Waals surface area (Å²) in [7, 11) is -3.72. The number of rotatable bonds is 11. The number of para-hydroxylation sites is 1. The monoisotopic (exact) mass is 439 g/mol. The Morgan fingerprint density at radius 3 is 2.35 bits per heavy atom. The van der Waals surface area contributed by atoms with Gasteiger partial charge in [0.1, 0.15) is 0 Å². The van der Waals surface area contributed by atoms with Crippen molar-refractivity contribution in [3.8, 4) is 0 Å². The summed E-state index contributed by atoms with van der Waals surface area (Å²) in [5.41, 5.74) is 7.26. The zero-order valence-electron chi connectivity index (χ0n) is 18.3. The van der Waals surface area contributed by atoms with Crippen LogP contribution in [0, 0.1) is 11.8 Å². The second kappa shape index (κ2) is 11.6. The average molecular weight is 440 g/mol. The second-order valence-corrected chi connectivity index (χ2v) is 9.50. The predicted octanol–water partition coefficient (Wildman–Crippen LogP) is 2.93. The van der Waals surface area contributed by atoms with Crippen LogP contribution in [0.5, 0.6) is 0 Å². The maximum Gasteiger partial charge on any atom is 0.241 e. The normalized spacial score (nSPS) is 16.2. The highest BCUT2D eigenvalue weighted by atomic mass is 32.2. The lowest BCUT2D eigenvalue weighted by Gasteiger charge is -2.25. The molecule has 3 atom stereocenters. The molecular formula is C25H33N3O2S.